The number of aromatic nitrogens is 2. The van der Waals surface area contributed by atoms with E-state index in [4.69, 9.17) is 9.15 Å². The molecule has 0 aliphatic carbocycles. The predicted octanol–water partition coefficient (Wildman–Crippen LogP) is 3.72. The molecular weight excluding hydrogens is 326 g/mol. The van der Waals surface area contributed by atoms with Gasteiger partial charge in [0, 0.05) is 10.5 Å². The van der Waals surface area contributed by atoms with Crippen LogP contribution in [0, 0.1) is 0 Å². The fourth-order valence-electron chi connectivity index (χ4n) is 2.12. The van der Waals surface area contributed by atoms with Crippen molar-refractivity contribution in [3.05, 3.63) is 54.1 Å². The number of anilines is 1. The topological polar surface area (TPSA) is 77.2 Å². The Bertz CT molecular complexity index is 846. The van der Waals surface area contributed by atoms with Gasteiger partial charge in [0.2, 0.25) is 0 Å². The Kier molecular flexibility index (Phi) is 4.81. The van der Waals surface area contributed by atoms with E-state index in [0.29, 0.717) is 17.2 Å². The van der Waals surface area contributed by atoms with Crippen molar-refractivity contribution in [1.82, 2.24) is 10.2 Å². The number of hydrogen-bond donors (Lipinski definition) is 1. The van der Waals surface area contributed by atoms with E-state index >= 15 is 0 Å². The maximum atomic E-state index is 12.2. The van der Waals surface area contributed by atoms with Crippen LogP contribution >= 0.6 is 11.8 Å². The third-order valence-corrected chi connectivity index (χ3v) is 4.13. The van der Waals surface area contributed by atoms with Crippen LogP contribution in [0.5, 0.6) is 5.75 Å². The third kappa shape index (κ3) is 3.41. The molecule has 0 unspecified atom stereocenters. The van der Waals surface area contributed by atoms with Gasteiger partial charge < -0.3 is 9.15 Å². The number of carbonyl (C=O) groups is 1. The molecule has 7 heteroatoms. The predicted molar refractivity (Wildman–Crippen MR) is 92.5 cm³/mol. The van der Waals surface area contributed by atoms with Gasteiger partial charge in [-0.2, -0.15) is 0 Å². The lowest BCUT2D eigenvalue weighted by molar-refractivity contribution is 0.102. The number of ether oxygens (including phenoxy) is 1. The second-order valence-electron chi connectivity index (χ2n) is 4.80. The molecule has 6 nitrogen and oxygen atoms in total. The highest BCUT2D eigenvalue weighted by molar-refractivity contribution is 7.98. The first kappa shape index (κ1) is 16.1. The number of amides is 1. The summed E-state index contributed by atoms with van der Waals surface area (Å²) in [5, 5.41) is 10.5. The molecule has 0 fully saturated rings. The van der Waals surface area contributed by atoms with Crippen LogP contribution in [0.15, 0.2) is 57.8 Å². The second-order valence-corrected chi connectivity index (χ2v) is 5.64. The zero-order chi connectivity index (χ0) is 16.9. The lowest BCUT2D eigenvalue weighted by Gasteiger charge is -2.03. The lowest BCUT2D eigenvalue weighted by atomic mass is 10.2. The fraction of sp³-hybridized carbons (Fsp3) is 0.118. The van der Waals surface area contributed by atoms with Crippen LogP contribution in [0.2, 0.25) is 0 Å². The van der Waals surface area contributed by atoms with Gasteiger partial charge in [-0.25, -0.2) is 0 Å². The highest BCUT2D eigenvalue weighted by Crippen LogP contribution is 2.29. The first-order valence-corrected chi connectivity index (χ1v) is 8.36. The summed E-state index contributed by atoms with van der Waals surface area (Å²) >= 11 is 1.59. The van der Waals surface area contributed by atoms with Crippen LogP contribution in [-0.4, -0.2) is 29.5 Å². The minimum Gasteiger partial charge on any atom is -0.497 e. The van der Waals surface area contributed by atoms with Gasteiger partial charge in [0.05, 0.1) is 12.7 Å². The Labute approximate surface area is 143 Å². The molecule has 0 bridgehead atoms. The minimum absolute atomic E-state index is 0.0572. The molecule has 2 aromatic carbocycles. The maximum absolute atomic E-state index is 12.2. The molecule has 24 heavy (non-hydrogen) atoms. The quantitative estimate of drug-likeness (QED) is 0.713. The van der Waals surface area contributed by atoms with E-state index in [1.54, 1.807) is 43.1 Å². The maximum Gasteiger partial charge on any atom is 0.322 e. The molecule has 0 aliphatic heterocycles. The van der Waals surface area contributed by atoms with Gasteiger partial charge in [0.15, 0.2) is 0 Å². The van der Waals surface area contributed by atoms with Gasteiger partial charge >= 0.3 is 6.01 Å². The van der Waals surface area contributed by atoms with Crippen molar-refractivity contribution in [3.63, 3.8) is 0 Å². The molecule has 0 atom stereocenters. The van der Waals surface area contributed by atoms with Gasteiger partial charge in [0.1, 0.15) is 5.75 Å². The van der Waals surface area contributed by atoms with Crippen LogP contribution in [0.25, 0.3) is 11.5 Å². The summed E-state index contributed by atoms with van der Waals surface area (Å²) in [6, 6.07) is 14.5. The first-order valence-electron chi connectivity index (χ1n) is 7.13. The van der Waals surface area contributed by atoms with E-state index < -0.39 is 0 Å². The summed E-state index contributed by atoms with van der Waals surface area (Å²) in [5.74, 6) is 0.719. The molecule has 1 N–H and O–H groups in total. The zero-order valence-electron chi connectivity index (χ0n) is 13.1. The largest absolute Gasteiger partial charge is 0.497 e. The van der Waals surface area contributed by atoms with Crippen molar-refractivity contribution < 1.29 is 13.9 Å². The number of rotatable bonds is 5. The Balaban J connectivity index is 1.77. The Morgan fingerprint density at radius 3 is 2.58 bits per heavy atom. The van der Waals surface area contributed by atoms with E-state index in [1.807, 2.05) is 30.5 Å². The summed E-state index contributed by atoms with van der Waals surface area (Å²) in [6.45, 7) is 0. The van der Waals surface area contributed by atoms with Gasteiger partial charge in [0.25, 0.3) is 11.8 Å². The molecule has 0 spiro atoms. The average Bonchev–Trinajstić information content (AvgIpc) is 3.10. The highest BCUT2D eigenvalue weighted by atomic mass is 32.2. The number of carbonyl (C=O) groups excluding carboxylic acids is 1. The van der Waals surface area contributed by atoms with Gasteiger partial charge in [-0.05, 0) is 42.7 Å². The van der Waals surface area contributed by atoms with E-state index in [1.165, 1.54) is 0 Å². The SMILES string of the molecule is COc1ccc(C(=O)Nc2nnc(-c3ccccc3SC)o2)cc1. The molecule has 122 valence electrons. The second kappa shape index (κ2) is 7.18. The molecule has 1 heterocycles. The van der Waals surface area contributed by atoms with Crippen molar-refractivity contribution in [2.75, 3.05) is 18.7 Å². The summed E-state index contributed by atoms with van der Waals surface area (Å²) < 4.78 is 10.6. The van der Waals surface area contributed by atoms with E-state index in [9.17, 15) is 4.79 Å². The standard InChI is InChI=1S/C17H15N3O3S/c1-22-12-9-7-11(8-10-12)15(21)18-17-20-19-16(23-17)13-5-3-4-6-14(13)24-2/h3-10H,1-2H3,(H,18,20,21). The van der Waals surface area contributed by atoms with Crippen molar-refractivity contribution in [3.8, 4) is 17.2 Å². The Hall–Kier alpha value is -2.80. The Morgan fingerprint density at radius 1 is 1.12 bits per heavy atom. The van der Waals surface area contributed by atoms with E-state index in [2.05, 4.69) is 15.5 Å². The number of thioether (sulfide) groups is 1. The van der Waals surface area contributed by atoms with Crippen molar-refractivity contribution >= 4 is 23.7 Å². The van der Waals surface area contributed by atoms with Crippen LogP contribution < -0.4 is 10.1 Å². The number of hydrogen-bond acceptors (Lipinski definition) is 6. The van der Waals surface area contributed by atoms with Gasteiger partial charge in [-0.3, -0.25) is 10.1 Å². The molecular formula is C17H15N3O3S. The number of nitrogens with one attached hydrogen (secondary N) is 1. The average molecular weight is 341 g/mol. The molecule has 1 aromatic heterocycles. The van der Waals surface area contributed by atoms with Crippen LogP contribution in [-0.2, 0) is 0 Å². The van der Waals surface area contributed by atoms with Crippen molar-refractivity contribution in [2.24, 2.45) is 0 Å². The first-order chi connectivity index (χ1) is 11.7. The molecule has 0 aliphatic rings. The van der Waals surface area contributed by atoms with Crippen LogP contribution in [0.3, 0.4) is 0 Å². The smallest absolute Gasteiger partial charge is 0.322 e. The molecule has 0 saturated carbocycles. The highest BCUT2D eigenvalue weighted by Gasteiger charge is 2.14. The molecule has 1 amide bonds. The normalized spacial score (nSPS) is 10.4. The fourth-order valence-corrected chi connectivity index (χ4v) is 2.71. The summed E-state index contributed by atoms with van der Waals surface area (Å²) in [5.41, 5.74) is 1.31. The van der Waals surface area contributed by atoms with Crippen LogP contribution in [0.4, 0.5) is 6.01 Å². The third-order valence-electron chi connectivity index (χ3n) is 3.34. The molecule has 3 aromatic rings. The Morgan fingerprint density at radius 2 is 1.88 bits per heavy atom. The number of methoxy groups -OCH3 is 1. The van der Waals surface area contributed by atoms with Gasteiger partial charge in [-0.1, -0.05) is 17.2 Å². The van der Waals surface area contributed by atoms with Crippen molar-refractivity contribution in [1.29, 1.82) is 0 Å². The van der Waals surface area contributed by atoms with E-state index in [0.717, 1.165) is 10.5 Å². The molecule has 0 saturated heterocycles. The lowest BCUT2D eigenvalue weighted by Crippen LogP contribution is -2.11. The molecule has 3 rings (SSSR count). The zero-order valence-corrected chi connectivity index (χ0v) is 14.0. The summed E-state index contributed by atoms with van der Waals surface area (Å²) in [7, 11) is 1.57. The van der Waals surface area contributed by atoms with E-state index in [-0.39, 0.29) is 11.9 Å². The number of benzene rings is 2. The summed E-state index contributed by atoms with van der Waals surface area (Å²) in [4.78, 5) is 13.2. The molecule has 0 radical (unpaired) electrons. The number of nitrogens with zero attached hydrogens (tertiary/aromatic N) is 2. The summed E-state index contributed by atoms with van der Waals surface area (Å²) in [6.07, 6.45) is 1.97. The minimum atomic E-state index is -0.328. The monoisotopic (exact) mass is 341 g/mol. The van der Waals surface area contributed by atoms with Crippen LogP contribution in [0.1, 0.15) is 10.4 Å². The van der Waals surface area contributed by atoms with Crippen molar-refractivity contribution in [2.45, 2.75) is 4.90 Å². The van der Waals surface area contributed by atoms with Gasteiger partial charge in [-0.15, -0.1) is 16.9 Å².